The highest BCUT2D eigenvalue weighted by atomic mass is 16.4. The van der Waals surface area contributed by atoms with Crippen LogP contribution >= 0.6 is 0 Å². The Morgan fingerprint density at radius 3 is 2.45 bits per heavy atom. The Hall–Kier alpha value is -1.55. The summed E-state index contributed by atoms with van der Waals surface area (Å²) in [5.41, 5.74) is 0.766. The van der Waals surface area contributed by atoms with Crippen molar-refractivity contribution in [3.8, 4) is 0 Å². The quantitative estimate of drug-likeness (QED) is 0.773. The summed E-state index contributed by atoms with van der Waals surface area (Å²) in [6, 6.07) is 8.84. The van der Waals surface area contributed by atoms with Crippen molar-refractivity contribution in [2.24, 2.45) is 5.92 Å². The van der Waals surface area contributed by atoms with Crippen molar-refractivity contribution in [1.82, 2.24) is 5.32 Å². The van der Waals surface area contributed by atoms with Crippen LogP contribution in [0.3, 0.4) is 0 Å². The van der Waals surface area contributed by atoms with Crippen molar-refractivity contribution in [3.63, 3.8) is 0 Å². The molecule has 1 aliphatic rings. The molecule has 0 aromatic heterocycles. The van der Waals surface area contributed by atoms with E-state index in [2.05, 4.69) is 5.32 Å². The lowest BCUT2D eigenvalue weighted by atomic mass is 9.83. The normalized spacial score (nSPS) is 19.2. The highest BCUT2D eigenvalue weighted by Gasteiger charge is 2.26. The van der Waals surface area contributed by atoms with Gasteiger partial charge in [-0.2, -0.15) is 0 Å². The molecule has 3 N–H and O–H groups in total. The van der Waals surface area contributed by atoms with E-state index in [1.807, 2.05) is 30.3 Å². The number of carboxylic acid groups (broad SMARTS) is 1. The predicted molar refractivity (Wildman–Crippen MR) is 77.5 cm³/mol. The number of nitrogens with one attached hydrogen (secondary N) is 1. The molecule has 1 aromatic rings. The van der Waals surface area contributed by atoms with Crippen LogP contribution in [0.15, 0.2) is 30.3 Å². The van der Waals surface area contributed by atoms with E-state index in [1.54, 1.807) is 0 Å². The zero-order chi connectivity index (χ0) is 14.4. The minimum atomic E-state index is -1.07. The van der Waals surface area contributed by atoms with E-state index in [1.165, 1.54) is 19.3 Å². The third-order valence-electron chi connectivity index (χ3n) is 4.14. The fraction of sp³-hybridized carbons (Fsp3) is 0.562. The van der Waals surface area contributed by atoms with Crippen LogP contribution in [0, 0.1) is 5.92 Å². The molecule has 20 heavy (non-hydrogen) atoms. The molecule has 0 bridgehead atoms. The van der Waals surface area contributed by atoms with Crippen LogP contribution < -0.4 is 5.32 Å². The van der Waals surface area contributed by atoms with Crippen molar-refractivity contribution >= 4 is 6.09 Å². The predicted octanol–water partition coefficient (Wildman–Crippen LogP) is 3.33. The SMILES string of the molecule is O=C(O)N[C@@H](CC1CCCCC1)[C@@H](O)c1ccccc1. The number of hydrogen-bond donors (Lipinski definition) is 3. The van der Waals surface area contributed by atoms with Gasteiger partial charge in [-0.25, -0.2) is 4.79 Å². The van der Waals surface area contributed by atoms with E-state index >= 15 is 0 Å². The van der Waals surface area contributed by atoms with Gasteiger partial charge in [0.2, 0.25) is 0 Å². The molecule has 0 radical (unpaired) electrons. The summed E-state index contributed by atoms with van der Waals surface area (Å²) in [6.45, 7) is 0. The first-order chi connectivity index (χ1) is 9.66. The third kappa shape index (κ3) is 4.23. The summed E-state index contributed by atoms with van der Waals surface area (Å²) in [5.74, 6) is 0.513. The van der Waals surface area contributed by atoms with Crippen molar-refractivity contribution in [3.05, 3.63) is 35.9 Å². The summed E-state index contributed by atoms with van der Waals surface area (Å²) < 4.78 is 0. The molecule has 1 saturated carbocycles. The van der Waals surface area contributed by atoms with Crippen LogP contribution in [0.5, 0.6) is 0 Å². The van der Waals surface area contributed by atoms with Crippen LogP contribution in [0.2, 0.25) is 0 Å². The molecule has 1 fully saturated rings. The van der Waals surface area contributed by atoms with E-state index in [4.69, 9.17) is 5.11 Å². The Morgan fingerprint density at radius 1 is 1.20 bits per heavy atom. The number of aliphatic hydroxyl groups excluding tert-OH is 1. The highest BCUT2D eigenvalue weighted by molar-refractivity contribution is 5.65. The summed E-state index contributed by atoms with van der Waals surface area (Å²) in [4.78, 5) is 11.0. The van der Waals surface area contributed by atoms with E-state index in [-0.39, 0.29) is 0 Å². The molecule has 4 nitrogen and oxygen atoms in total. The standard InChI is InChI=1S/C16H23NO3/c18-15(13-9-5-2-6-10-13)14(17-16(19)20)11-12-7-3-1-4-8-12/h2,5-6,9-10,12,14-15,17-18H,1,3-4,7-8,11H2,(H,19,20)/t14-,15-/m0/s1. The zero-order valence-corrected chi connectivity index (χ0v) is 11.7. The van der Waals surface area contributed by atoms with Gasteiger partial charge in [0, 0.05) is 0 Å². The van der Waals surface area contributed by atoms with E-state index in [0.29, 0.717) is 12.3 Å². The molecular weight excluding hydrogens is 254 g/mol. The van der Waals surface area contributed by atoms with Crippen molar-refractivity contribution in [1.29, 1.82) is 0 Å². The minimum absolute atomic E-state index is 0.432. The van der Waals surface area contributed by atoms with Gasteiger partial charge in [-0.3, -0.25) is 0 Å². The van der Waals surface area contributed by atoms with Gasteiger partial charge in [0.25, 0.3) is 0 Å². The number of aliphatic hydroxyl groups is 1. The monoisotopic (exact) mass is 277 g/mol. The average molecular weight is 277 g/mol. The van der Waals surface area contributed by atoms with E-state index in [0.717, 1.165) is 18.4 Å². The Kier molecular flexibility index (Phi) is 5.41. The second-order valence-electron chi connectivity index (χ2n) is 5.65. The van der Waals surface area contributed by atoms with Crippen LogP contribution in [0.25, 0.3) is 0 Å². The number of carbonyl (C=O) groups is 1. The van der Waals surface area contributed by atoms with E-state index in [9.17, 15) is 9.90 Å². The molecular formula is C16H23NO3. The Bertz CT molecular complexity index is 415. The maximum atomic E-state index is 11.0. The van der Waals surface area contributed by atoms with Crippen molar-refractivity contribution < 1.29 is 15.0 Å². The molecule has 0 heterocycles. The van der Waals surface area contributed by atoms with Gasteiger partial charge >= 0.3 is 6.09 Å². The first-order valence-electron chi connectivity index (χ1n) is 7.39. The van der Waals surface area contributed by atoms with Crippen LogP contribution in [-0.2, 0) is 0 Å². The van der Waals surface area contributed by atoms with Crippen LogP contribution in [0.4, 0.5) is 4.79 Å². The Morgan fingerprint density at radius 2 is 1.85 bits per heavy atom. The summed E-state index contributed by atoms with van der Waals surface area (Å²) in [7, 11) is 0. The molecule has 0 saturated heterocycles. The second kappa shape index (κ2) is 7.29. The van der Waals surface area contributed by atoms with Crippen molar-refractivity contribution in [2.45, 2.75) is 50.7 Å². The van der Waals surface area contributed by atoms with E-state index < -0.39 is 18.2 Å². The van der Waals surface area contributed by atoms with Gasteiger partial charge < -0.3 is 15.5 Å². The van der Waals surface area contributed by atoms with Gasteiger partial charge in [0.15, 0.2) is 0 Å². The smallest absolute Gasteiger partial charge is 0.404 e. The minimum Gasteiger partial charge on any atom is -0.465 e. The maximum Gasteiger partial charge on any atom is 0.404 e. The molecule has 1 amide bonds. The topological polar surface area (TPSA) is 69.6 Å². The molecule has 0 spiro atoms. The number of rotatable bonds is 5. The fourth-order valence-electron chi connectivity index (χ4n) is 3.09. The molecule has 2 rings (SSSR count). The van der Waals surface area contributed by atoms with Gasteiger partial charge in [0.1, 0.15) is 0 Å². The summed E-state index contributed by atoms with van der Waals surface area (Å²) in [6.07, 6.45) is 4.84. The number of hydrogen-bond acceptors (Lipinski definition) is 2. The lowest BCUT2D eigenvalue weighted by Gasteiger charge is -2.29. The molecule has 0 unspecified atom stereocenters. The number of amides is 1. The fourth-order valence-corrected chi connectivity index (χ4v) is 3.09. The molecule has 2 atom stereocenters. The Balaban J connectivity index is 2.03. The summed E-state index contributed by atoms with van der Waals surface area (Å²) >= 11 is 0. The van der Waals surface area contributed by atoms with Crippen molar-refractivity contribution in [2.75, 3.05) is 0 Å². The maximum absolute atomic E-state index is 11.0. The summed E-state index contributed by atoms with van der Waals surface area (Å²) in [5, 5.41) is 21.9. The first-order valence-corrected chi connectivity index (χ1v) is 7.39. The highest BCUT2D eigenvalue weighted by Crippen LogP contribution is 2.30. The molecule has 110 valence electrons. The largest absolute Gasteiger partial charge is 0.465 e. The van der Waals surface area contributed by atoms with Gasteiger partial charge in [-0.15, -0.1) is 0 Å². The molecule has 1 aromatic carbocycles. The lowest BCUT2D eigenvalue weighted by molar-refractivity contribution is 0.103. The number of benzene rings is 1. The lowest BCUT2D eigenvalue weighted by Crippen LogP contribution is -2.40. The zero-order valence-electron chi connectivity index (χ0n) is 11.7. The molecule has 0 aliphatic heterocycles. The second-order valence-corrected chi connectivity index (χ2v) is 5.65. The van der Waals surface area contributed by atoms with Gasteiger partial charge in [0.05, 0.1) is 12.1 Å². The van der Waals surface area contributed by atoms with Gasteiger partial charge in [-0.1, -0.05) is 62.4 Å². The van der Waals surface area contributed by atoms with Crippen LogP contribution in [-0.4, -0.2) is 22.3 Å². The average Bonchev–Trinajstić information content (AvgIpc) is 2.47. The molecule has 1 aliphatic carbocycles. The molecule has 4 heteroatoms. The third-order valence-corrected chi connectivity index (χ3v) is 4.14. The first kappa shape index (κ1) is 14.9. The van der Waals surface area contributed by atoms with Gasteiger partial charge in [-0.05, 0) is 17.9 Å². The van der Waals surface area contributed by atoms with Crippen LogP contribution in [0.1, 0.15) is 50.2 Å². The Labute approximate surface area is 119 Å².